The van der Waals surface area contributed by atoms with Crippen molar-refractivity contribution >= 4 is 28.9 Å². The molecule has 6 rings (SSSR count). The summed E-state index contributed by atoms with van der Waals surface area (Å²) in [6.07, 6.45) is 2.83. The predicted molar refractivity (Wildman–Crippen MR) is 153 cm³/mol. The van der Waals surface area contributed by atoms with Crippen molar-refractivity contribution in [3.05, 3.63) is 75.8 Å². The highest BCUT2D eigenvalue weighted by atomic mass is 16.5. The van der Waals surface area contributed by atoms with E-state index in [9.17, 15) is 14.7 Å². The predicted octanol–water partition coefficient (Wildman–Crippen LogP) is 4.42. The number of hydrogen-bond acceptors (Lipinski definition) is 7. The van der Waals surface area contributed by atoms with Gasteiger partial charge in [0.25, 0.3) is 5.91 Å². The Morgan fingerprint density at radius 1 is 1.10 bits per heavy atom. The zero-order chi connectivity index (χ0) is 28.0. The molecule has 3 aromatic carbocycles. The summed E-state index contributed by atoms with van der Waals surface area (Å²) >= 11 is 0. The van der Waals surface area contributed by atoms with Gasteiger partial charge in [-0.1, -0.05) is 25.1 Å². The van der Waals surface area contributed by atoms with Crippen LogP contribution in [0.25, 0.3) is 0 Å². The van der Waals surface area contributed by atoms with E-state index in [0.717, 1.165) is 69.9 Å². The number of carboxylic acid groups (broad SMARTS) is 1. The molecule has 3 aliphatic heterocycles. The Bertz CT molecular complexity index is 1500. The van der Waals surface area contributed by atoms with Gasteiger partial charge >= 0.3 is 5.97 Å². The monoisotopic (exact) mass is 542 g/mol. The minimum absolute atomic E-state index is 0.0479. The molecule has 0 fully saturated rings. The van der Waals surface area contributed by atoms with Crippen LogP contribution in [0.3, 0.4) is 0 Å². The fourth-order valence-electron chi connectivity index (χ4n) is 6.13. The molecule has 3 aromatic rings. The van der Waals surface area contributed by atoms with Crippen LogP contribution in [0.1, 0.15) is 51.5 Å². The molecular weight excluding hydrogens is 508 g/mol. The van der Waals surface area contributed by atoms with Crippen molar-refractivity contribution in [2.75, 3.05) is 37.3 Å². The lowest BCUT2D eigenvalue weighted by Crippen LogP contribution is -2.41. The van der Waals surface area contributed by atoms with Crippen LogP contribution in [-0.4, -0.2) is 49.2 Å². The number of nitrogens with one attached hydrogen (secondary N) is 1. The standard InChI is InChI=1S/C31H34N4O5/c1-4-20-9-10-24(23-13-15-40-30(20)23)31(38)34-14-12-22-21(18-34)6-5-7-25(22)35-26-16-19(8-11-28(36)37)17-27(39-3)29(26)33(2)32-35/h5-7,9-10,16-17,32H,4,8,11-15,18H2,1-3H3,(H,36,37). The van der Waals surface area contributed by atoms with Crippen LogP contribution in [0, 0.1) is 0 Å². The van der Waals surface area contributed by atoms with Gasteiger partial charge in [0.1, 0.15) is 17.2 Å². The van der Waals surface area contributed by atoms with Crippen LogP contribution in [0.2, 0.25) is 0 Å². The highest BCUT2D eigenvalue weighted by Gasteiger charge is 2.33. The number of ether oxygens (including phenoxy) is 2. The van der Waals surface area contributed by atoms with Crippen molar-refractivity contribution in [3.8, 4) is 11.5 Å². The van der Waals surface area contributed by atoms with Gasteiger partial charge in [0.05, 0.1) is 25.1 Å². The minimum Gasteiger partial charge on any atom is -0.494 e. The summed E-state index contributed by atoms with van der Waals surface area (Å²) in [6.45, 7) is 3.88. The molecule has 9 heteroatoms. The van der Waals surface area contributed by atoms with Crippen LogP contribution in [0.15, 0.2) is 42.5 Å². The zero-order valence-corrected chi connectivity index (χ0v) is 23.1. The summed E-state index contributed by atoms with van der Waals surface area (Å²) in [4.78, 5) is 26.9. The third-order valence-electron chi connectivity index (χ3n) is 8.11. The van der Waals surface area contributed by atoms with Gasteiger partial charge in [-0.2, -0.15) is 0 Å². The zero-order valence-electron chi connectivity index (χ0n) is 23.1. The molecule has 0 saturated carbocycles. The van der Waals surface area contributed by atoms with E-state index in [4.69, 9.17) is 9.47 Å². The van der Waals surface area contributed by atoms with Crippen molar-refractivity contribution in [2.45, 2.75) is 45.6 Å². The second kappa shape index (κ2) is 10.4. The first-order chi connectivity index (χ1) is 19.4. The third kappa shape index (κ3) is 4.40. The molecule has 0 bridgehead atoms. The summed E-state index contributed by atoms with van der Waals surface area (Å²) in [5.41, 5.74) is 12.4. The number of amides is 1. The Morgan fingerprint density at radius 2 is 1.95 bits per heavy atom. The second-order valence-corrected chi connectivity index (χ2v) is 10.5. The van der Waals surface area contributed by atoms with E-state index in [1.165, 1.54) is 5.56 Å². The molecule has 0 spiro atoms. The van der Waals surface area contributed by atoms with Gasteiger partial charge in [0.2, 0.25) is 0 Å². The molecule has 0 unspecified atom stereocenters. The normalized spacial score (nSPS) is 15.4. The molecular formula is C31H34N4O5. The molecule has 0 aromatic heterocycles. The summed E-state index contributed by atoms with van der Waals surface area (Å²) in [7, 11) is 3.56. The minimum atomic E-state index is -0.832. The van der Waals surface area contributed by atoms with Crippen LogP contribution in [-0.2, 0) is 37.0 Å². The number of carbonyl (C=O) groups is 2. The molecule has 208 valence electrons. The second-order valence-electron chi connectivity index (χ2n) is 10.5. The first-order valence-corrected chi connectivity index (χ1v) is 13.8. The van der Waals surface area contributed by atoms with Crippen LogP contribution in [0.4, 0.5) is 17.1 Å². The van der Waals surface area contributed by atoms with Crippen molar-refractivity contribution in [2.24, 2.45) is 0 Å². The summed E-state index contributed by atoms with van der Waals surface area (Å²) in [5, 5.41) is 13.2. The number of carboxylic acids is 1. The van der Waals surface area contributed by atoms with E-state index < -0.39 is 5.97 Å². The van der Waals surface area contributed by atoms with Crippen molar-refractivity contribution in [3.63, 3.8) is 0 Å². The summed E-state index contributed by atoms with van der Waals surface area (Å²) in [6, 6.07) is 14.1. The Morgan fingerprint density at radius 3 is 2.73 bits per heavy atom. The van der Waals surface area contributed by atoms with Crippen LogP contribution in [0.5, 0.6) is 11.5 Å². The Balaban J connectivity index is 1.30. The molecule has 0 atom stereocenters. The van der Waals surface area contributed by atoms with Gasteiger partial charge in [-0.25, -0.2) is 0 Å². The lowest BCUT2D eigenvalue weighted by molar-refractivity contribution is -0.136. The number of methoxy groups -OCH3 is 1. The quantitative estimate of drug-likeness (QED) is 0.453. The lowest BCUT2D eigenvalue weighted by Gasteiger charge is -2.32. The highest BCUT2D eigenvalue weighted by molar-refractivity contribution is 5.97. The average Bonchev–Trinajstić information content (AvgIpc) is 3.59. The molecule has 3 heterocycles. The number of benzene rings is 3. The Kier molecular flexibility index (Phi) is 6.75. The van der Waals surface area contributed by atoms with Gasteiger partial charge in [0, 0.05) is 44.1 Å². The average molecular weight is 543 g/mol. The van der Waals surface area contributed by atoms with Gasteiger partial charge in [-0.15, -0.1) is 5.53 Å². The number of fused-ring (bicyclic) bond motifs is 3. The maximum Gasteiger partial charge on any atom is 0.303 e. The fourth-order valence-corrected chi connectivity index (χ4v) is 6.13. The van der Waals surface area contributed by atoms with Gasteiger partial charge in [-0.05, 0) is 65.8 Å². The highest BCUT2D eigenvalue weighted by Crippen LogP contribution is 2.46. The first-order valence-electron chi connectivity index (χ1n) is 13.8. The van der Waals surface area contributed by atoms with Gasteiger partial charge < -0.3 is 19.5 Å². The maximum atomic E-state index is 13.7. The largest absolute Gasteiger partial charge is 0.494 e. The number of aliphatic carboxylic acids is 1. The maximum absolute atomic E-state index is 13.7. The topological polar surface area (TPSA) is 94.6 Å². The van der Waals surface area contributed by atoms with Crippen molar-refractivity contribution < 1.29 is 24.2 Å². The number of hydrogen-bond donors (Lipinski definition) is 2. The number of anilines is 3. The molecule has 0 aliphatic carbocycles. The Labute approximate surface area is 233 Å². The molecule has 0 radical (unpaired) electrons. The van der Waals surface area contributed by atoms with Crippen LogP contribution < -0.4 is 25.0 Å². The molecule has 0 saturated heterocycles. The number of aryl methyl sites for hydroxylation is 2. The molecule has 40 heavy (non-hydrogen) atoms. The third-order valence-corrected chi connectivity index (χ3v) is 8.11. The SMILES string of the molecule is CCc1ccc(C(=O)N2CCc3c(cccc3N3NN(C)c4c(OC)cc(CCC(=O)O)cc43)C2)c2c1OCC2. The van der Waals surface area contributed by atoms with E-state index in [2.05, 4.69) is 24.6 Å². The summed E-state index contributed by atoms with van der Waals surface area (Å²) < 4.78 is 11.6. The van der Waals surface area contributed by atoms with Crippen molar-refractivity contribution in [1.82, 2.24) is 10.4 Å². The van der Waals surface area contributed by atoms with E-state index in [-0.39, 0.29) is 12.3 Å². The number of carbonyl (C=O) groups excluding carboxylic acids is 1. The number of rotatable bonds is 7. The first kappa shape index (κ1) is 26.0. The molecule has 2 N–H and O–H groups in total. The molecule has 9 nitrogen and oxygen atoms in total. The van der Waals surface area contributed by atoms with E-state index in [1.807, 2.05) is 52.3 Å². The van der Waals surface area contributed by atoms with E-state index in [0.29, 0.717) is 31.9 Å². The number of nitrogens with zero attached hydrogens (tertiary/aromatic N) is 3. The van der Waals surface area contributed by atoms with E-state index in [1.54, 1.807) is 7.11 Å². The van der Waals surface area contributed by atoms with Crippen molar-refractivity contribution in [1.29, 1.82) is 0 Å². The number of hydrazine groups is 2. The Hall–Kier alpha value is -4.24. The summed E-state index contributed by atoms with van der Waals surface area (Å²) in [5.74, 6) is 0.802. The van der Waals surface area contributed by atoms with Crippen LogP contribution >= 0.6 is 0 Å². The van der Waals surface area contributed by atoms with E-state index >= 15 is 0 Å². The smallest absolute Gasteiger partial charge is 0.303 e. The molecule has 3 aliphatic rings. The van der Waals surface area contributed by atoms with Gasteiger partial charge in [0.15, 0.2) is 0 Å². The molecule has 1 amide bonds. The fraction of sp³-hybridized carbons (Fsp3) is 0.355. The van der Waals surface area contributed by atoms with Gasteiger partial charge in [-0.3, -0.25) is 19.6 Å². The lowest BCUT2D eigenvalue weighted by atomic mass is 9.95.